The third-order valence-electron chi connectivity index (χ3n) is 3.90. The molecular weight excluding hydrogens is 332 g/mol. The van der Waals surface area contributed by atoms with E-state index in [2.05, 4.69) is 9.88 Å². The molecule has 0 radical (unpaired) electrons. The number of carbonyl (C=O) groups excluding carboxylic acids is 1. The molecule has 1 amide bonds. The van der Waals surface area contributed by atoms with E-state index in [-0.39, 0.29) is 5.91 Å². The van der Waals surface area contributed by atoms with Crippen molar-refractivity contribution in [3.63, 3.8) is 0 Å². The highest BCUT2D eigenvalue weighted by atomic mass is 35.5. The number of thiazole rings is 1. The lowest BCUT2D eigenvalue weighted by atomic mass is 10.2. The van der Waals surface area contributed by atoms with Crippen molar-refractivity contribution in [1.82, 2.24) is 14.8 Å². The van der Waals surface area contributed by atoms with Gasteiger partial charge in [0.2, 0.25) is 0 Å². The van der Waals surface area contributed by atoms with Crippen molar-refractivity contribution >= 4 is 34.0 Å². The van der Waals surface area contributed by atoms with E-state index >= 15 is 0 Å². The van der Waals surface area contributed by atoms with E-state index in [9.17, 15) is 4.79 Å². The number of nitrogen functional groups attached to an aromatic ring is 1. The number of benzene rings is 1. The van der Waals surface area contributed by atoms with E-state index in [1.807, 2.05) is 23.2 Å². The van der Waals surface area contributed by atoms with Gasteiger partial charge in [-0.3, -0.25) is 9.69 Å². The average molecular weight is 351 g/mol. The van der Waals surface area contributed by atoms with Gasteiger partial charge in [0.05, 0.1) is 0 Å². The van der Waals surface area contributed by atoms with Gasteiger partial charge in [-0.05, 0) is 24.6 Å². The van der Waals surface area contributed by atoms with Gasteiger partial charge in [-0.1, -0.05) is 17.7 Å². The van der Waals surface area contributed by atoms with Crippen molar-refractivity contribution in [3.8, 4) is 0 Å². The zero-order valence-electron chi connectivity index (χ0n) is 12.7. The molecule has 2 aromatic rings. The van der Waals surface area contributed by atoms with Crippen LogP contribution in [0.2, 0.25) is 5.02 Å². The SMILES string of the molecule is Nc1ncc(CN2CCCN(C(=O)c3cccc(Cl)c3)CC2)s1. The third kappa shape index (κ3) is 4.22. The zero-order valence-corrected chi connectivity index (χ0v) is 14.3. The number of rotatable bonds is 3. The van der Waals surface area contributed by atoms with Crippen LogP contribution >= 0.6 is 22.9 Å². The summed E-state index contributed by atoms with van der Waals surface area (Å²) in [7, 11) is 0. The van der Waals surface area contributed by atoms with Gasteiger partial charge < -0.3 is 10.6 Å². The lowest BCUT2D eigenvalue weighted by molar-refractivity contribution is 0.0761. The van der Waals surface area contributed by atoms with Crippen LogP contribution in [-0.2, 0) is 6.54 Å². The predicted molar refractivity (Wildman–Crippen MR) is 93.8 cm³/mol. The summed E-state index contributed by atoms with van der Waals surface area (Å²) in [4.78, 5) is 22.1. The minimum atomic E-state index is 0.0522. The fourth-order valence-corrected chi connectivity index (χ4v) is 3.67. The van der Waals surface area contributed by atoms with Crippen LogP contribution in [0.4, 0.5) is 5.13 Å². The van der Waals surface area contributed by atoms with E-state index in [1.54, 1.807) is 12.1 Å². The first kappa shape index (κ1) is 16.2. The van der Waals surface area contributed by atoms with E-state index in [0.717, 1.165) is 44.0 Å². The third-order valence-corrected chi connectivity index (χ3v) is 4.94. The molecule has 2 heterocycles. The Morgan fingerprint density at radius 2 is 2.17 bits per heavy atom. The molecule has 3 rings (SSSR count). The van der Waals surface area contributed by atoms with Crippen molar-refractivity contribution in [2.75, 3.05) is 31.9 Å². The molecule has 1 fully saturated rings. The molecular formula is C16H19ClN4OS. The number of halogens is 1. The number of amides is 1. The van der Waals surface area contributed by atoms with Gasteiger partial charge in [-0.25, -0.2) is 4.98 Å². The van der Waals surface area contributed by atoms with Crippen molar-refractivity contribution < 1.29 is 4.79 Å². The smallest absolute Gasteiger partial charge is 0.253 e. The summed E-state index contributed by atoms with van der Waals surface area (Å²) in [5.74, 6) is 0.0522. The maximum atomic E-state index is 12.6. The predicted octanol–water partition coefficient (Wildman–Crippen LogP) is 2.73. The van der Waals surface area contributed by atoms with Gasteiger partial charge >= 0.3 is 0 Å². The van der Waals surface area contributed by atoms with E-state index < -0.39 is 0 Å². The Hall–Kier alpha value is -1.63. The highest BCUT2D eigenvalue weighted by Gasteiger charge is 2.20. The number of hydrogen-bond acceptors (Lipinski definition) is 5. The number of anilines is 1. The largest absolute Gasteiger partial charge is 0.375 e. The van der Waals surface area contributed by atoms with Crippen LogP contribution in [0, 0.1) is 0 Å². The second-order valence-electron chi connectivity index (χ2n) is 5.60. The number of aromatic nitrogens is 1. The summed E-state index contributed by atoms with van der Waals surface area (Å²) >= 11 is 7.51. The average Bonchev–Trinajstić information content (AvgIpc) is 2.80. The Morgan fingerprint density at radius 3 is 2.91 bits per heavy atom. The molecule has 0 saturated carbocycles. The molecule has 122 valence electrons. The quantitative estimate of drug-likeness (QED) is 0.924. The van der Waals surface area contributed by atoms with Crippen molar-refractivity contribution in [2.45, 2.75) is 13.0 Å². The van der Waals surface area contributed by atoms with E-state index in [4.69, 9.17) is 17.3 Å². The van der Waals surface area contributed by atoms with Crippen LogP contribution in [0.25, 0.3) is 0 Å². The summed E-state index contributed by atoms with van der Waals surface area (Å²) in [5, 5.41) is 1.20. The molecule has 0 unspecified atom stereocenters. The molecule has 7 heteroatoms. The van der Waals surface area contributed by atoms with Gasteiger partial charge in [-0.15, -0.1) is 11.3 Å². The molecule has 1 aromatic carbocycles. The summed E-state index contributed by atoms with van der Waals surface area (Å²) in [5.41, 5.74) is 6.33. The van der Waals surface area contributed by atoms with E-state index in [1.165, 1.54) is 11.3 Å². The normalized spacial score (nSPS) is 16.3. The zero-order chi connectivity index (χ0) is 16.2. The molecule has 0 spiro atoms. The van der Waals surface area contributed by atoms with Crippen LogP contribution in [0.1, 0.15) is 21.7 Å². The van der Waals surface area contributed by atoms with E-state index in [0.29, 0.717) is 15.7 Å². The maximum Gasteiger partial charge on any atom is 0.253 e. The summed E-state index contributed by atoms with van der Waals surface area (Å²) in [6, 6.07) is 7.14. The number of hydrogen-bond donors (Lipinski definition) is 1. The highest BCUT2D eigenvalue weighted by molar-refractivity contribution is 7.15. The van der Waals surface area contributed by atoms with Gasteiger partial charge in [-0.2, -0.15) is 0 Å². The molecule has 2 N–H and O–H groups in total. The monoisotopic (exact) mass is 350 g/mol. The molecule has 0 aliphatic carbocycles. The van der Waals surface area contributed by atoms with Gasteiger partial charge in [0.1, 0.15) is 0 Å². The first-order valence-electron chi connectivity index (χ1n) is 7.59. The first-order valence-corrected chi connectivity index (χ1v) is 8.78. The van der Waals surface area contributed by atoms with Crippen LogP contribution < -0.4 is 5.73 Å². The minimum Gasteiger partial charge on any atom is -0.375 e. The Morgan fingerprint density at radius 1 is 1.30 bits per heavy atom. The van der Waals surface area contributed by atoms with Crippen LogP contribution in [-0.4, -0.2) is 46.9 Å². The summed E-state index contributed by atoms with van der Waals surface area (Å²) < 4.78 is 0. The molecule has 5 nitrogen and oxygen atoms in total. The second kappa shape index (κ2) is 7.29. The minimum absolute atomic E-state index is 0.0522. The molecule has 0 atom stereocenters. The Balaban J connectivity index is 1.60. The Labute approximate surface area is 144 Å². The molecule has 23 heavy (non-hydrogen) atoms. The number of nitrogens with two attached hydrogens (primary N) is 1. The lowest BCUT2D eigenvalue weighted by Gasteiger charge is -2.21. The van der Waals surface area contributed by atoms with Crippen LogP contribution in [0.5, 0.6) is 0 Å². The van der Waals surface area contributed by atoms with Crippen molar-refractivity contribution in [1.29, 1.82) is 0 Å². The maximum absolute atomic E-state index is 12.6. The second-order valence-corrected chi connectivity index (χ2v) is 7.18. The molecule has 1 aromatic heterocycles. The number of carbonyl (C=O) groups is 1. The first-order chi connectivity index (χ1) is 11.1. The fourth-order valence-electron chi connectivity index (χ4n) is 2.75. The standard InChI is InChI=1S/C16H19ClN4OS/c17-13-4-1-3-12(9-13)15(22)21-6-2-5-20(7-8-21)11-14-10-19-16(18)23-14/h1,3-4,9-10H,2,5-8,11H2,(H2,18,19). The lowest BCUT2D eigenvalue weighted by Crippen LogP contribution is -2.35. The van der Waals surface area contributed by atoms with Crippen LogP contribution in [0.15, 0.2) is 30.5 Å². The van der Waals surface area contributed by atoms with Gasteiger partial charge in [0, 0.05) is 54.4 Å². The Kier molecular flexibility index (Phi) is 5.15. The van der Waals surface area contributed by atoms with Gasteiger partial charge in [0.15, 0.2) is 5.13 Å². The molecule has 1 aliphatic heterocycles. The summed E-state index contributed by atoms with van der Waals surface area (Å²) in [6.45, 7) is 4.15. The van der Waals surface area contributed by atoms with Gasteiger partial charge in [0.25, 0.3) is 5.91 Å². The summed E-state index contributed by atoms with van der Waals surface area (Å²) in [6.07, 6.45) is 2.79. The number of nitrogens with zero attached hydrogens (tertiary/aromatic N) is 3. The molecule has 1 aliphatic rings. The van der Waals surface area contributed by atoms with Crippen molar-refractivity contribution in [3.05, 3.63) is 45.9 Å². The topological polar surface area (TPSA) is 62.5 Å². The highest BCUT2D eigenvalue weighted by Crippen LogP contribution is 2.18. The van der Waals surface area contributed by atoms with Crippen molar-refractivity contribution in [2.24, 2.45) is 0 Å². The molecule has 1 saturated heterocycles. The van der Waals surface area contributed by atoms with Crippen LogP contribution in [0.3, 0.4) is 0 Å². The molecule has 0 bridgehead atoms. The fraction of sp³-hybridized carbons (Fsp3) is 0.375. The Bertz CT molecular complexity index is 690.